The van der Waals surface area contributed by atoms with E-state index in [0.29, 0.717) is 22.9 Å². The van der Waals surface area contributed by atoms with Gasteiger partial charge in [-0.3, -0.25) is 19.9 Å². The van der Waals surface area contributed by atoms with Gasteiger partial charge in [-0.1, -0.05) is 23.7 Å². The fourth-order valence-electron chi connectivity index (χ4n) is 3.34. The van der Waals surface area contributed by atoms with Crippen LogP contribution < -0.4 is 5.32 Å². The number of nitro benzene ring substituents is 1. The lowest BCUT2D eigenvalue weighted by atomic mass is 10.1. The van der Waals surface area contributed by atoms with E-state index in [0.717, 1.165) is 17.2 Å². The minimum atomic E-state index is -0.582. The zero-order valence-corrected chi connectivity index (χ0v) is 18.0. The van der Waals surface area contributed by atoms with Crippen LogP contribution in [-0.2, 0) is 0 Å². The molecule has 0 atom stereocenters. The quantitative estimate of drug-likeness (QED) is 0.291. The first-order chi connectivity index (χ1) is 16.5. The number of nitro groups is 1. The standard InChI is InChI=1S/C23H14ClN7O3/c24-19-8-7-17(31(33)34)12-18(19)23(32)26-16-5-3-14(4-6-16)20-9-10-21-27-28-22(30(21)29-20)15-2-1-11-25-13-15/h1-13H,(H,26,32). The Morgan fingerprint density at radius 2 is 1.82 bits per heavy atom. The van der Waals surface area contributed by atoms with Crippen LogP contribution in [0.15, 0.2) is 79.1 Å². The van der Waals surface area contributed by atoms with Crippen molar-refractivity contribution in [3.8, 4) is 22.6 Å². The van der Waals surface area contributed by atoms with E-state index in [1.54, 1.807) is 41.2 Å². The van der Waals surface area contributed by atoms with Gasteiger partial charge in [0, 0.05) is 41.3 Å². The first kappa shape index (κ1) is 21.2. The predicted molar refractivity (Wildman–Crippen MR) is 126 cm³/mol. The molecule has 5 aromatic rings. The molecule has 166 valence electrons. The van der Waals surface area contributed by atoms with E-state index in [4.69, 9.17) is 11.6 Å². The number of anilines is 1. The second kappa shape index (κ2) is 8.68. The van der Waals surface area contributed by atoms with Crippen molar-refractivity contribution in [3.63, 3.8) is 0 Å². The summed E-state index contributed by atoms with van der Waals surface area (Å²) in [7, 11) is 0. The van der Waals surface area contributed by atoms with E-state index in [2.05, 4.69) is 25.6 Å². The number of aromatic nitrogens is 5. The highest BCUT2D eigenvalue weighted by molar-refractivity contribution is 6.34. The minimum Gasteiger partial charge on any atom is -0.322 e. The minimum absolute atomic E-state index is 0.0163. The van der Waals surface area contributed by atoms with Crippen LogP contribution in [0.4, 0.5) is 11.4 Å². The summed E-state index contributed by atoms with van der Waals surface area (Å²) in [6.07, 6.45) is 3.37. The molecule has 5 rings (SSSR count). The molecule has 0 spiro atoms. The van der Waals surface area contributed by atoms with Crippen LogP contribution in [0.3, 0.4) is 0 Å². The van der Waals surface area contributed by atoms with Crippen LogP contribution in [0.25, 0.3) is 28.3 Å². The molecule has 0 aliphatic heterocycles. The number of hydrogen-bond acceptors (Lipinski definition) is 7. The lowest BCUT2D eigenvalue weighted by molar-refractivity contribution is -0.384. The third-order valence-electron chi connectivity index (χ3n) is 5.03. The summed E-state index contributed by atoms with van der Waals surface area (Å²) in [5.74, 6) is 0.0225. The van der Waals surface area contributed by atoms with Gasteiger partial charge in [0.1, 0.15) is 0 Å². The monoisotopic (exact) mass is 471 g/mol. The molecule has 3 aromatic heterocycles. The van der Waals surface area contributed by atoms with Gasteiger partial charge in [0.2, 0.25) is 0 Å². The van der Waals surface area contributed by atoms with E-state index < -0.39 is 10.8 Å². The summed E-state index contributed by atoms with van der Waals surface area (Å²) in [6.45, 7) is 0. The molecule has 0 bridgehead atoms. The number of carbonyl (C=O) groups excluding carboxylic acids is 1. The number of pyridine rings is 1. The molecule has 34 heavy (non-hydrogen) atoms. The molecular weight excluding hydrogens is 458 g/mol. The average Bonchev–Trinajstić information content (AvgIpc) is 3.28. The number of rotatable bonds is 5. The molecule has 11 heteroatoms. The topological polar surface area (TPSA) is 128 Å². The van der Waals surface area contributed by atoms with Gasteiger partial charge < -0.3 is 5.32 Å². The Kier molecular flexibility index (Phi) is 5.40. The molecule has 0 aliphatic carbocycles. The number of amides is 1. The zero-order valence-electron chi connectivity index (χ0n) is 17.3. The van der Waals surface area contributed by atoms with Gasteiger partial charge >= 0.3 is 0 Å². The van der Waals surface area contributed by atoms with Crippen molar-refractivity contribution in [2.45, 2.75) is 0 Å². The first-order valence-electron chi connectivity index (χ1n) is 9.98. The lowest BCUT2D eigenvalue weighted by Crippen LogP contribution is -2.12. The smallest absolute Gasteiger partial charge is 0.270 e. The average molecular weight is 472 g/mol. The Labute approximate surface area is 197 Å². The van der Waals surface area contributed by atoms with Gasteiger partial charge in [-0.15, -0.1) is 10.2 Å². The number of non-ortho nitro benzene ring substituents is 1. The number of nitrogens with zero attached hydrogens (tertiary/aromatic N) is 6. The van der Waals surface area contributed by atoms with Crippen LogP contribution in [0.1, 0.15) is 10.4 Å². The third-order valence-corrected chi connectivity index (χ3v) is 5.36. The van der Waals surface area contributed by atoms with E-state index in [1.807, 2.05) is 24.3 Å². The Balaban J connectivity index is 1.40. The fraction of sp³-hybridized carbons (Fsp3) is 0. The van der Waals surface area contributed by atoms with E-state index in [1.165, 1.54) is 12.1 Å². The zero-order chi connectivity index (χ0) is 23.7. The number of carbonyl (C=O) groups is 1. The van der Waals surface area contributed by atoms with Gasteiger partial charge in [0.15, 0.2) is 11.5 Å². The third kappa shape index (κ3) is 4.05. The fourth-order valence-corrected chi connectivity index (χ4v) is 3.54. The molecule has 0 aliphatic rings. The summed E-state index contributed by atoms with van der Waals surface area (Å²) >= 11 is 6.05. The van der Waals surface area contributed by atoms with Gasteiger partial charge in [-0.05, 0) is 42.5 Å². The number of halogens is 1. The highest BCUT2D eigenvalue weighted by Crippen LogP contribution is 2.25. The second-order valence-electron chi connectivity index (χ2n) is 7.21. The molecule has 1 N–H and O–H groups in total. The summed E-state index contributed by atoms with van der Waals surface area (Å²) in [6, 6.07) is 18.1. The van der Waals surface area contributed by atoms with Gasteiger partial charge in [-0.2, -0.15) is 9.61 Å². The normalized spacial score (nSPS) is 10.9. The maximum Gasteiger partial charge on any atom is 0.270 e. The molecule has 0 radical (unpaired) electrons. The van der Waals surface area contributed by atoms with Crippen LogP contribution in [0.2, 0.25) is 5.02 Å². The Morgan fingerprint density at radius 1 is 1.00 bits per heavy atom. The van der Waals surface area contributed by atoms with Crippen LogP contribution in [0.5, 0.6) is 0 Å². The SMILES string of the molecule is O=C(Nc1ccc(-c2ccc3nnc(-c4cccnc4)n3n2)cc1)c1cc([N+](=O)[O-])ccc1Cl. The summed E-state index contributed by atoms with van der Waals surface area (Å²) in [5, 5.41) is 26.8. The first-order valence-corrected chi connectivity index (χ1v) is 10.4. The number of nitrogens with one attached hydrogen (secondary N) is 1. The molecule has 0 unspecified atom stereocenters. The van der Waals surface area contributed by atoms with Crippen molar-refractivity contribution >= 4 is 34.5 Å². The van der Waals surface area contributed by atoms with Gasteiger partial charge in [0.05, 0.1) is 21.2 Å². The number of fused-ring (bicyclic) bond motifs is 1. The molecule has 10 nitrogen and oxygen atoms in total. The van der Waals surface area contributed by atoms with Crippen molar-refractivity contribution in [1.29, 1.82) is 0 Å². The van der Waals surface area contributed by atoms with Crippen molar-refractivity contribution in [3.05, 3.63) is 99.8 Å². The molecule has 0 saturated carbocycles. The molecule has 2 aromatic carbocycles. The van der Waals surface area contributed by atoms with Crippen molar-refractivity contribution in [2.75, 3.05) is 5.32 Å². The van der Waals surface area contributed by atoms with Crippen LogP contribution >= 0.6 is 11.6 Å². The van der Waals surface area contributed by atoms with Crippen LogP contribution in [-0.4, -0.2) is 35.6 Å². The number of hydrogen-bond donors (Lipinski definition) is 1. The predicted octanol–water partition coefficient (Wildman–Crippen LogP) is 4.67. The second-order valence-corrected chi connectivity index (χ2v) is 7.61. The molecule has 1 amide bonds. The number of benzene rings is 2. The maximum atomic E-state index is 12.6. The van der Waals surface area contributed by atoms with E-state index >= 15 is 0 Å². The van der Waals surface area contributed by atoms with Gasteiger partial charge in [-0.25, -0.2) is 0 Å². The summed E-state index contributed by atoms with van der Waals surface area (Å²) in [4.78, 5) is 27.1. The van der Waals surface area contributed by atoms with Crippen molar-refractivity contribution in [1.82, 2.24) is 24.8 Å². The van der Waals surface area contributed by atoms with Crippen LogP contribution in [0, 0.1) is 10.1 Å². The van der Waals surface area contributed by atoms with E-state index in [9.17, 15) is 14.9 Å². The van der Waals surface area contributed by atoms with Crippen molar-refractivity contribution in [2.24, 2.45) is 0 Å². The molecule has 0 fully saturated rings. The Morgan fingerprint density at radius 3 is 2.56 bits per heavy atom. The largest absolute Gasteiger partial charge is 0.322 e. The van der Waals surface area contributed by atoms with E-state index in [-0.39, 0.29) is 16.3 Å². The Hall–Kier alpha value is -4.70. The highest BCUT2D eigenvalue weighted by Gasteiger charge is 2.16. The molecule has 0 saturated heterocycles. The Bertz CT molecular complexity index is 1540. The highest BCUT2D eigenvalue weighted by atomic mass is 35.5. The van der Waals surface area contributed by atoms with Gasteiger partial charge in [0.25, 0.3) is 11.6 Å². The molecular formula is C23H14ClN7O3. The van der Waals surface area contributed by atoms with Crippen molar-refractivity contribution < 1.29 is 9.72 Å². The lowest BCUT2D eigenvalue weighted by Gasteiger charge is -2.08. The maximum absolute atomic E-state index is 12.6. The molecule has 3 heterocycles. The summed E-state index contributed by atoms with van der Waals surface area (Å²) < 4.78 is 1.65. The summed E-state index contributed by atoms with van der Waals surface area (Å²) in [5.41, 5.74) is 3.17.